The van der Waals surface area contributed by atoms with E-state index in [0.29, 0.717) is 4.47 Å². The first-order chi connectivity index (χ1) is 11.8. The Morgan fingerprint density at radius 2 is 1.80 bits per heavy atom. The summed E-state index contributed by atoms with van der Waals surface area (Å²) in [5.74, 6) is -1.33. The summed E-state index contributed by atoms with van der Waals surface area (Å²) in [5.41, 5.74) is -1.73. The summed E-state index contributed by atoms with van der Waals surface area (Å²) in [7, 11) is 0. The van der Waals surface area contributed by atoms with Crippen LogP contribution in [0.3, 0.4) is 0 Å². The maximum absolute atomic E-state index is 13.0. The quantitative estimate of drug-likeness (QED) is 0.656. The summed E-state index contributed by atoms with van der Waals surface area (Å²) < 4.78 is 45.0. The molecule has 25 heavy (non-hydrogen) atoms. The Balaban J connectivity index is 2.00. The maximum atomic E-state index is 13.0. The molecule has 0 saturated heterocycles. The van der Waals surface area contributed by atoms with Gasteiger partial charge < -0.3 is 9.73 Å². The Kier molecular flexibility index (Phi) is 4.38. The van der Waals surface area contributed by atoms with E-state index in [-0.39, 0.29) is 16.7 Å². The first kappa shape index (κ1) is 17.2. The predicted molar refractivity (Wildman–Crippen MR) is 89.6 cm³/mol. The molecule has 1 N–H and O–H groups in total. The van der Waals surface area contributed by atoms with E-state index in [4.69, 9.17) is 4.42 Å². The molecular weight excluding hydrogens is 403 g/mol. The van der Waals surface area contributed by atoms with E-state index in [2.05, 4.69) is 21.2 Å². The third-order valence-corrected chi connectivity index (χ3v) is 3.89. The van der Waals surface area contributed by atoms with Crippen molar-refractivity contribution in [1.29, 1.82) is 0 Å². The van der Waals surface area contributed by atoms with Crippen molar-refractivity contribution in [2.75, 3.05) is 5.32 Å². The molecule has 0 saturated carbocycles. The minimum absolute atomic E-state index is 0.149. The Labute approximate surface area is 147 Å². The highest BCUT2D eigenvalue weighted by molar-refractivity contribution is 9.10. The highest BCUT2D eigenvalue weighted by atomic mass is 79.9. The largest absolute Gasteiger partial charge is 0.451 e. The lowest BCUT2D eigenvalue weighted by Crippen LogP contribution is -2.18. The van der Waals surface area contributed by atoms with Gasteiger partial charge in [-0.3, -0.25) is 9.59 Å². The van der Waals surface area contributed by atoms with E-state index in [0.717, 1.165) is 18.2 Å². The van der Waals surface area contributed by atoms with E-state index < -0.39 is 28.8 Å². The van der Waals surface area contributed by atoms with Crippen LogP contribution in [0.1, 0.15) is 16.1 Å². The monoisotopic (exact) mass is 411 g/mol. The molecule has 128 valence electrons. The molecule has 0 fully saturated rings. The van der Waals surface area contributed by atoms with Gasteiger partial charge in [0.2, 0.25) is 0 Å². The summed E-state index contributed by atoms with van der Waals surface area (Å²) in [6.45, 7) is 0. The zero-order valence-electron chi connectivity index (χ0n) is 12.4. The maximum Gasteiger partial charge on any atom is 0.418 e. The number of halogens is 4. The van der Waals surface area contributed by atoms with Crippen LogP contribution >= 0.6 is 15.9 Å². The number of hydrogen-bond acceptors (Lipinski definition) is 3. The fourth-order valence-corrected chi connectivity index (χ4v) is 2.60. The first-order valence-corrected chi connectivity index (χ1v) is 7.76. The number of nitrogens with one attached hydrogen (secondary N) is 1. The van der Waals surface area contributed by atoms with Gasteiger partial charge >= 0.3 is 6.18 Å². The van der Waals surface area contributed by atoms with Crippen LogP contribution in [0.4, 0.5) is 18.9 Å². The predicted octanol–water partition coefficient (Wildman–Crippen LogP) is 4.83. The smallest absolute Gasteiger partial charge is 0.418 e. The van der Waals surface area contributed by atoms with Crippen molar-refractivity contribution < 1.29 is 22.4 Å². The van der Waals surface area contributed by atoms with Crippen molar-refractivity contribution in [2.45, 2.75) is 6.18 Å². The number of alkyl halides is 3. The molecule has 0 aliphatic carbocycles. The average molecular weight is 412 g/mol. The summed E-state index contributed by atoms with van der Waals surface area (Å²) in [6.07, 6.45) is -4.63. The minimum Gasteiger partial charge on any atom is -0.451 e. The molecule has 3 aromatic rings. The molecule has 1 heterocycles. The van der Waals surface area contributed by atoms with Gasteiger partial charge in [-0.25, -0.2) is 0 Å². The first-order valence-electron chi connectivity index (χ1n) is 6.97. The van der Waals surface area contributed by atoms with Gasteiger partial charge in [-0.2, -0.15) is 13.2 Å². The number of hydrogen-bond donors (Lipinski definition) is 1. The van der Waals surface area contributed by atoms with Crippen LogP contribution in [0.2, 0.25) is 0 Å². The van der Waals surface area contributed by atoms with Gasteiger partial charge in [0, 0.05) is 10.5 Å². The molecule has 0 unspecified atom stereocenters. The van der Waals surface area contributed by atoms with Crippen molar-refractivity contribution >= 4 is 38.5 Å². The van der Waals surface area contributed by atoms with Gasteiger partial charge in [0.05, 0.1) is 16.6 Å². The number of amides is 1. The van der Waals surface area contributed by atoms with E-state index in [1.165, 1.54) is 24.3 Å². The molecule has 4 nitrogen and oxygen atoms in total. The van der Waals surface area contributed by atoms with Crippen LogP contribution in [0.25, 0.3) is 11.0 Å². The van der Waals surface area contributed by atoms with Gasteiger partial charge in [0.15, 0.2) is 11.2 Å². The lowest BCUT2D eigenvalue weighted by molar-refractivity contribution is -0.136. The lowest BCUT2D eigenvalue weighted by Gasteiger charge is -2.13. The van der Waals surface area contributed by atoms with Crippen LogP contribution < -0.4 is 10.7 Å². The van der Waals surface area contributed by atoms with Crippen molar-refractivity contribution in [1.82, 2.24) is 0 Å². The molecule has 1 aromatic heterocycles. The third kappa shape index (κ3) is 3.58. The Morgan fingerprint density at radius 3 is 2.52 bits per heavy atom. The summed E-state index contributed by atoms with van der Waals surface area (Å²) >= 11 is 3.22. The molecular formula is C17H9BrF3NO3. The van der Waals surface area contributed by atoms with E-state index in [1.807, 2.05) is 0 Å². The second-order valence-corrected chi connectivity index (χ2v) is 6.03. The number of para-hydroxylation sites is 1. The number of carbonyl (C=O) groups is 1. The molecule has 0 atom stereocenters. The molecule has 3 rings (SSSR count). The zero-order chi connectivity index (χ0) is 18.2. The second kappa shape index (κ2) is 6.36. The third-order valence-electron chi connectivity index (χ3n) is 3.40. The second-order valence-electron chi connectivity index (χ2n) is 5.11. The number of fused-ring (bicyclic) bond motifs is 1. The topological polar surface area (TPSA) is 59.3 Å². The van der Waals surface area contributed by atoms with Crippen LogP contribution in [0, 0.1) is 0 Å². The van der Waals surface area contributed by atoms with Gasteiger partial charge in [0.25, 0.3) is 5.91 Å². The van der Waals surface area contributed by atoms with Crippen LogP contribution in [0.15, 0.2) is 62.2 Å². The highest BCUT2D eigenvalue weighted by Gasteiger charge is 2.33. The van der Waals surface area contributed by atoms with Gasteiger partial charge in [-0.1, -0.05) is 28.1 Å². The summed E-state index contributed by atoms with van der Waals surface area (Å²) in [4.78, 5) is 24.3. The molecule has 2 aromatic carbocycles. The van der Waals surface area contributed by atoms with Crippen molar-refractivity contribution in [3.63, 3.8) is 0 Å². The number of benzene rings is 2. The SMILES string of the molecule is O=C(Nc1ccccc1C(F)(F)F)c1cc(=O)c2ccc(Br)cc2o1. The van der Waals surface area contributed by atoms with Crippen molar-refractivity contribution in [3.8, 4) is 0 Å². The molecule has 0 aliphatic rings. The molecule has 1 amide bonds. The fraction of sp³-hybridized carbons (Fsp3) is 0.0588. The normalized spacial score (nSPS) is 11.5. The Morgan fingerprint density at radius 1 is 1.08 bits per heavy atom. The minimum atomic E-state index is -4.63. The van der Waals surface area contributed by atoms with Crippen LogP contribution in [0.5, 0.6) is 0 Å². The summed E-state index contributed by atoms with van der Waals surface area (Å²) in [5, 5.41) is 2.40. The van der Waals surface area contributed by atoms with Crippen molar-refractivity contribution in [2.24, 2.45) is 0 Å². The standard InChI is InChI=1S/C17H9BrF3NO3/c18-9-5-6-10-13(23)8-15(25-14(10)7-9)16(24)22-12-4-2-1-3-11(12)17(19,20)21/h1-8H,(H,22,24). The van der Waals surface area contributed by atoms with E-state index >= 15 is 0 Å². The highest BCUT2D eigenvalue weighted by Crippen LogP contribution is 2.34. The van der Waals surface area contributed by atoms with Gasteiger partial charge in [-0.05, 0) is 30.3 Å². The van der Waals surface area contributed by atoms with Crippen LogP contribution in [-0.4, -0.2) is 5.91 Å². The fourth-order valence-electron chi connectivity index (χ4n) is 2.26. The molecule has 0 radical (unpaired) electrons. The Bertz CT molecular complexity index is 1030. The van der Waals surface area contributed by atoms with Crippen LogP contribution in [-0.2, 0) is 6.18 Å². The van der Waals surface area contributed by atoms with Gasteiger partial charge in [0.1, 0.15) is 5.58 Å². The summed E-state index contributed by atoms with van der Waals surface area (Å²) in [6, 6.07) is 10.1. The molecule has 0 spiro atoms. The van der Waals surface area contributed by atoms with Gasteiger partial charge in [-0.15, -0.1) is 0 Å². The van der Waals surface area contributed by atoms with E-state index in [9.17, 15) is 22.8 Å². The number of rotatable bonds is 2. The molecule has 0 bridgehead atoms. The van der Waals surface area contributed by atoms with Crippen molar-refractivity contribution in [3.05, 3.63) is 74.6 Å². The number of anilines is 1. The zero-order valence-corrected chi connectivity index (χ0v) is 13.9. The average Bonchev–Trinajstić information content (AvgIpc) is 2.53. The number of carbonyl (C=O) groups excluding carboxylic acids is 1. The molecule has 0 aliphatic heterocycles. The van der Waals surface area contributed by atoms with E-state index in [1.54, 1.807) is 6.07 Å². The Hall–Kier alpha value is -2.61. The lowest BCUT2D eigenvalue weighted by atomic mass is 10.1. The molecule has 8 heteroatoms.